The van der Waals surface area contributed by atoms with Gasteiger partial charge in [-0.05, 0) is 50.9 Å². The SMILES string of the molecule is CCc1ccc(CNC2CCN(C)C(C)C2)cc1. The summed E-state index contributed by atoms with van der Waals surface area (Å²) in [6, 6.07) is 10.4. The van der Waals surface area contributed by atoms with Crippen molar-refractivity contribution in [1.29, 1.82) is 0 Å². The van der Waals surface area contributed by atoms with Crippen LogP contribution in [0.3, 0.4) is 0 Å². The van der Waals surface area contributed by atoms with Gasteiger partial charge in [-0.25, -0.2) is 0 Å². The highest BCUT2D eigenvalue weighted by Gasteiger charge is 2.21. The highest BCUT2D eigenvalue weighted by atomic mass is 15.1. The molecule has 2 nitrogen and oxygen atoms in total. The van der Waals surface area contributed by atoms with Crippen LogP contribution in [0.2, 0.25) is 0 Å². The monoisotopic (exact) mass is 246 g/mol. The Bertz CT molecular complexity index is 358. The van der Waals surface area contributed by atoms with E-state index in [1.165, 1.54) is 30.5 Å². The maximum atomic E-state index is 3.70. The Kier molecular flexibility index (Phi) is 4.79. The number of nitrogens with zero attached hydrogens (tertiary/aromatic N) is 1. The molecule has 0 radical (unpaired) electrons. The Morgan fingerprint density at radius 3 is 2.50 bits per heavy atom. The molecular weight excluding hydrogens is 220 g/mol. The molecule has 1 saturated heterocycles. The van der Waals surface area contributed by atoms with Crippen LogP contribution in [-0.4, -0.2) is 30.6 Å². The van der Waals surface area contributed by atoms with E-state index in [1.807, 2.05) is 0 Å². The Morgan fingerprint density at radius 1 is 1.22 bits per heavy atom. The third-order valence-corrected chi connectivity index (χ3v) is 4.23. The van der Waals surface area contributed by atoms with Gasteiger partial charge in [-0.1, -0.05) is 31.2 Å². The lowest BCUT2D eigenvalue weighted by atomic mass is 9.98. The molecule has 2 unspecified atom stereocenters. The molecule has 0 bridgehead atoms. The Morgan fingerprint density at radius 2 is 1.89 bits per heavy atom. The number of piperidine rings is 1. The van der Waals surface area contributed by atoms with Crippen LogP contribution in [-0.2, 0) is 13.0 Å². The second-order valence-electron chi connectivity index (χ2n) is 5.60. The van der Waals surface area contributed by atoms with Gasteiger partial charge in [-0.3, -0.25) is 0 Å². The first-order valence-corrected chi connectivity index (χ1v) is 7.20. The summed E-state index contributed by atoms with van der Waals surface area (Å²) in [5, 5.41) is 3.70. The zero-order valence-electron chi connectivity index (χ0n) is 11.9. The number of likely N-dealkylation sites (tertiary alicyclic amines) is 1. The fourth-order valence-electron chi connectivity index (χ4n) is 2.63. The molecule has 0 aliphatic carbocycles. The van der Waals surface area contributed by atoms with E-state index in [9.17, 15) is 0 Å². The van der Waals surface area contributed by atoms with Crippen molar-refractivity contribution < 1.29 is 0 Å². The summed E-state index contributed by atoms with van der Waals surface area (Å²) in [5.41, 5.74) is 2.82. The van der Waals surface area contributed by atoms with Gasteiger partial charge < -0.3 is 10.2 Å². The van der Waals surface area contributed by atoms with E-state index in [1.54, 1.807) is 0 Å². The van der Waals surface area contributed by atoms with Crippen molar-refractivity contribution >= 4 is 0 Å². The van der Waals surface area contributed by atoms with Crippen molar-refractivity contribution in [3.05, 3.63) is 35.4 Å². The summed E-state index contributed by atoms with van der Waals surface area (Å²) in [5.74, 6) is 0. The van der Waals surface area contributed by atoms with Gasteiger partial charge in [0.25, 0.3) is 0 Å². The highest BCUT2D eigenvalue weighted by molar-refractivity contribution is 5.22. The van der Waals surface area contributed by atoms with Gasteiger partial charge in [0.2, 0.25) is 0 Å². The molecule has 100 valence electrons. The number of benzene rings is 1. The fraction of sp³-hybridized carbons (Fsp3) is 0.625. The molecule has 18 heavy (non-hydrogen) atoms. The number of rotatable bonds is 4. The molecule has 1 N–H and O–H groups in total. The van der Waals surface area contributed by atoms with Crippen LogP contribution < -0.4 is 5.32 Å². The van der Waals surface area contributed by atoms with Crippen LogP contribution in [0, 0.1) is 0 Å². The minimum atomic E-state index is 0.682. The third-order valence-electron chi connectivity index (χ3n) is 4.23. The summed E-state index contributed by atoms with van der Waals surface area (Å²) >= 11 is 0. The Hall–Kier alpha value is -0.860. The van der Waals surface area contributed by atoms with Crippen molar-refractivity contribution in [3.8, 4) is 0 Å². The van der Waals surface area contributed by atoms with Crippen LogP contribution >= 0.6 is 0 Å². The highest BCUT2D eigenvalue weighted by Crippen LogP contribution is 2.16. The first kappa shape index (κ1) is 13.6. The molecule has 0 saturated carbocycles. The van der Waals surface area contributed by atoms with Gasteiger partial charge in [-0.15, -0.1) is 0 Å². The normalized spacial score (nSPS) is 25.3. The zero-order chi connectivity index (χ0) is 13.0. The zero-order valence-corrected chi connectivity index (χ0v) is 11.9. The summed E-state index contributed by atoms with van der Waals surface area (Å²) in [7, 11) is 2.23. The van der Waals surface area contributed by atoms with Crippen LogP contribution in [0.1, 0.15) is 37.8 Å². The van der Waals surface area contributed by atoms with Crippen molar-refractivity contribution in [3.63, 3.8) is 0 Å². The van der Waals surface area contributed by atoms with Gasteiger partial charge in [0.1, 0.15) is 0 Å². The first-order valence-electron chi connectivity index (χ1n) is 7.20. The maximum Gasteiger partial charge on any atom is 0.0208 e. The number of nitrogens with one attached hydrogen (secondary N) is 1. The molecule has 1 aromatic carbocycles. The predicted octanol–water partition coefficient (Wildman–Crippen LogP) is 2.82. The predicted molar refractivity (Wildman–Crippen MR) is 77.8 cm³/mol. The number of hydrogen-bond donors (Lipinski definition) is 1. The molecule has 1 fully saturated rings. The van der Waals surface area contributed by atoms with E-state index in [2.05, 4.69) is 55.4 Å². The summed E-state index contributed by atoms with van der Waals surface area (Å²) in [6.45, 7) is 6.75. The van der Waals surface area contributed by atoms with Crippen LogP contribution in [0.5, 0.6) is 0 Å². The quantitative estimate of drug-likeness (QED) is 0.879. The maximum absolute atomic E-state index is 3.70. The van der Waals surface area contributed by atoms with Gasteiger partial charge in [0.15, 0.2) is 0 Å². The van der Waals surface area contributed by atoms with Crippen LogP contribution in [0.25, 0.3) is 0 Å². The second kappa shape index (κ2) is 6.35. The summed E-state index contributed by atoms with van der Waals surface area (Å²) in [6.07, 6.45) is 3.66. The standard InChI is InChI=1S/C16H26N2/c1-4-14-5-7-15(8-6-14)12-17-16-9-10-18(3)13(2)11-16/h5-8,13,16-17H,4,9-12H2,1-3H3. The lowest BCUT2D eigenvalue weighted by Gasteiger charge is -2.35. The first-order chi connectivity index (χ1) is 8.69. The van der Waals surface area contributed by atoms with Crippen molar-refractivity contribution in [2.24, 2.45) is 0 Å². The summed E-state index contributed by atoms with van der Waals surface area (Å²) in [4.78, 5) is 2.45. The van der Waals surface area contributed by atoms with E-state index in [4.69, 9.17) is 0 Å². The van der Waals surface area contributed by atoms with E-state index in [0.717, 1.165) is 13.0 Å². The van der Waals surface area contributed by atoms with E-state index < -0.39 is 0 Å². The van der Waals surface area contributed by atoms with E-state index >= 15 is 0 Å². The number of aryl methyl sites for hydroxylation is 1. The molecule has 1 aromatic rings. The minimum Gasteiger partial charge on any atom is -0.310 e. The lowest BCUT2D eigenvalue weighted by molar-refractivity contribution is 0.168. The third kappa shape index (κ3) is 3.56. The average Bonchev–Trinajstić information content (AvgIpc) is 2.41. The molecular formula is C16H26N2. The molecule has 0 spiro atoms. The molecule has 2 rings (SSSR count). The molecule has 0 aromatic heterocycles. The minimum absolute atomic E-state index is 0.682. The Labute approximate surface area is 111 Å². The van der Waals surface area contributed by atoms with Gasteiger partial charge in [-0.2, -0.15) is 0 Å². The molecule has 2 heteroatoms. The van der Waals surface area contributed by atoms with Crippen LogP contribution in [0.4, 0.5) is 0 Å². The fourth-order valence-corrected chi connectivity index (χ4v) is 2.63. The average molecular weight is 246 g/mol. The second-order valence-corrected chi connectivity index (χ2v) is 5.60. The van der Waals surface area contributed by atoms with E-state index in [0.29, 0.717) is 12.1 Å². The van der Waals surface area contributed by atoms with Crippen LogP contribution in [0.15, 0.2) is 24.3 Å². The molecule has 2 atom stereocenters. The largest absolute Gasteiger partial charge is 0.310 e. The van der Waals surface area contributed by atoms with Gasteiger partial charge in [0, 0.05) is 18.6 Å². The number of hydrogen-bond acceptors (Lipinski definition) is 2. The molecule has 0 amide bonds. The molecule has 1 heterocycles. The summed E-state index contributed by atoms with van der Waals surface area (Å²) < 4.78 is 0. The molecule has 1 aliphatic heterocycles. The van der Waals surface area contributed by atoms with Crippen molar-refractivity contribution in [2.45, 2.75) is 51.7 Å². The van der Waals surface area contributed by atoms with Crippen molar-refractivity contribution in [1.82, 2.24) is 10.2 Å². The molecule has 1 aliphatic rings. The lowest BCUT2D eigenvalue weighted by Crippen LogP contribution is -2.45. The van der Waals surface area contributed by atoms with Crippen molar-refractivity contribution in [2.75, 3.05) is 13.6 Å². The van der Waals surface area contributed by atoms with E-state index in [-0.39, 0.29) is 0 Å². The van der Waals surface area contributed by atoms with Gasteiger partial charge in [0.05, 0.1) is 0 Å². The topological polar surface area (TPSA) is 15.3 Å². The Balaban J connectivity index is 1.80. The van der Waals surface area contributed by atoms with Gasteiger partial charge >= 0.3 is 0 Å². The smallest absolute Gasteiger partial charge is 0.0208 e.